The fraction of sp³-hybridized carbons (Fsp3) is 0.231. The van der Waals surface area contributed by atoms with Crippen LogP contribution >= 0.6 is 34.9 Å². The number of thioether (sulfide) groups is 2. The maximum Gasteiger partial charge on any atom is 0.234 e. The molecule has 1 aromatic heterocycles. The Bertz CT molecular complexity index is 693. The van der Waals surface area contributed by atoms with Crippen molar-refractivity contribution in [2.24, 2.45) is 5.73 Å². The van der Waals surface area contributed by atoms with Gasteiger partial charge in [-0.05, 0) is 12.1 Å². The molecule has 1 aromatic carbocycles. The minimum absolute atomic E-state index is 0.160. The van der Waals surface area contributed by atoms with E-state index in [0.717, 1.165) is 0 Å². The molecule has 0 atom stereocenters. The second kappa shape index (κ2) is 8.75. The summed E-state index contributed by atoms with van der Waals surface area (Å²) >= 11 is 3.83. The van der Waals surface area contributed by atoms with Crippen molar-refractivity contribution < 1.29 is 14.3 Å². The first-order chi connectivity index (χ1) is 11.1. The number of ether oxygens (including phenoxy) is 1. The van der Waals surface area contributed by atoms with Crippen molar-refractivity contribution in [3.63, 3.8) is 0 Å². The van der Waals surface area contributed by atoms with Crippen LogP contribution in [-0.4, -0.2) is 40.6 Å². The van der Waals surface area contributed by atoms with Crippen LogP contribution in [0.5, 0.6) is 5.75 Å². The first-order valence-corrected chi connectivity index (χ1v) is 9.17. The quantitative estimate of drug-likeness (QED) is 0.683. The Kier molecular flexibility index (Phi) is 6.68. The van der Waals surface area contributed by atoms with E-state index in [1.54, 1.807) is 19.2 Å². The van der Waals surface area contributed by atoms with Crippen LogP contribution in [0.15, 0.2) is 32.9 Å². The van der Waals surface area contributed by atoms with Crippen LogP contribution in [0, 0.1) is 0 Å². The maximum atomic E-state index is 12.0. The summed E-state index contributed by atoms with van der Waals surface area (Å²) in [5.74, 6) is 0.393. The minimum Gasteiger partial charge on any atom is -0.495 e. The molecule has 0 aliphatic carbocycles. The van der Waals surface area contributed by atoms with Gasteiger partial charge in [0, 0.05) is 0 Å². The summed E-state index contributed by atoms with van der Waals surface area (Å²) in [6, 6.07) is 7.19. The van der Waals surface area contributed by atoms with Gasteiger partial charge in [-0.1, -0.05) is 47.0 Å². The van der Waals surface area contributed by atoms with E-state index < -0.39 is 5.91 Å². The fourth-order valence-electron chi connectivity index (χ4n) is 1.51. The smallest absolute Gasteiger partial charge is 0.234 e. The van der Waals surface area contributed by atoms with Gasteiger partial charge in [0.15, 0.2) is 8.68 Å². The molecule has 0 unspecified atom stereocenters. The Labute approximate surface area is 145 Å². The van der Waals surface area contributed by atoms with Crippen LogP contribution in [0.25, 0.3) is 0 Å². The molecular weight excluding hydrogens is 356 g/mol. The van der Waals surface area contributed by atoms with Crippen molar-refractivity contribution in [2.45, 2.75) is 8.68 Å². The third-order valence-corrected chi connectivity index (χ3v) is 5.65. The highest BCUT2D eigenvalue weighted by atomic mass is 32.2. The van der Waals surface area contributed by atoms with E-state index in [4.69, 9.17) is 10.5 Å². The molecule has 3 N–H and O–H groups in total. The summed E-state index contributed by atoms with van der Waals surface area (Å²) in [6.07, 6.45) is 0. The maximum absolute atomic E-state index is 12.0. The molecule has 2 aromatic rings. The van der Waals surface area contributed by atoms with Gasteiger partial charge in [0.25, 0.3) is 0 Å². The molecule has 122 valence electrons. The number of benzene rings is 1. The van der Waals surface area contributed by atoms with Crippen molar-refractivity contribution in [1.82, 2.24) is 10.2 Å². The van der Waals surface area contributed by atoms with Crippen LogP contribution in [0.3, 0.4) is 0 Å². The van der Waals surface area contributed by atoms with E-state index in [2.05, 4.69) is 15.5 Å². The summed E-state index contributed by atoms with van der Waals surface area (Å²) in [7, 11) is 1.55. The molecule has 0 bridgehead atoms. The lowest BCUT2D eigenvalue weighted by atomic mass is 10.3. The summed E-state index contributed by atoms with van der Waals surface area (Å²) < 4.78 is 6.49. The highest BCUT2D eigenvalue weighted by molar-refractivity contribution is 8.03. The molecule has 0 saturated carbocycles. The van der Waals surface area contributed by atoms with Crippen LogP contribution in [0.2, 0.25) is 0 Å². The number of para-hydroxylation sites is 2. The lowest BCUT2D eigenvalue weighted by Gasteiger charge is -2.08. The van der Waals surface area contributed by atoms with E-state index >= 15 is 0 Å². The van der Waals surface area contributed by atoms with Gasteiger partial charge in [0.1, 0.15) is 5.75 Å². The number of carbonyl (C=O) groups is 2. The zero-order chi connectivity index (χ0) is 16.7. The van der Waals surface area contributed by atoms with Gasteiger partial charge in [-0.2, -0.15) is 0 Å². The summed E-state index contributed by atoms with van der Waals surface area (Å²) in [6.45, 7) is 0. The zero-order valence-corrected chi connectivity index (χ0v) is 14.6. The number of anilines is 1. The van der Waals surface area contributed by atoms with Gasteiger partial charge in [-0.25, -0.2) is 0 Å². The molecule has 7 nitrogen and oxygen atoms in total. The van der Waals surface area contributed by atoms with E-state index in [0.29, 0.717) is 20.1 Å². The van der Waals surface area contributed by atoms with Crippen LogP contribution < -0.4 is 15.8 Å². The molecule has 0 spiro atoms. The molecule has 10 heteroatoms. The Morgan fingerprint density at radius 2 is 1.87 bits per heavy atom. The zero-order valence-electron chi connectivity index (χ0n) is 12.1. The number of hydrogen-bond donors (Lipinski definition) is 2. The Balaban J connectivity index is 1.83. The first-order valence-electron chi connectivity index (χ1n) is 6.38. The van der Waals surface area contributed by atoms with Crippen molar-refractivity contribution in [3.05, 3.63) is 24.3 Å². The molecule has 2 amide bonds. The minimum atomic E-state index is -0.407. The summed E-state index contributed by atoms with van der Waals surface area (Å²) in [4.78, 5) is 22.7. The van der Waals surface area contributed by atoms with E-state index in [1.807, 2.05) is 12.1 Å². The third-order valence-electron chi connectivity index (χ3n) is 2.43. The van der Waals surface area contributed by atoms with Crippen molar-refractivity contribution in [3.8, 4) is 5.75 Å². The van der Waals surface area contributed by atoms with E-state index in [9.17, 15) is 9.59 Å². The fourth-order valence-corrected chi connectivity index (χ4v) is 4.07. The number of primary amides is 1. The molecule has 23 heavy (non-hydrogen) atoms. The third kappa shape index (κ3) is 5.73. The molecule has 0 aliphatic heterocycles. The lowest BCUT2D eigenvalue weighted by molar-refractivity contribution is -0.115. The molecular formula is C13H14N4O3S3. The Morgan fingerprint density at radius 3 is 2.52 bits per heavy atom. The molecule has 1 heterocycles. The van der Waals surface area contributed by atoms with E-state index in [1.165, 1.54) is 34.9 Å². The van der Waals surface area contributed by atoms with Gasteiger partial charge in [0.2, 0.25) is 11.8 Å². The highest BCUT2D eigenvalue weighted by Crippen LogP contribution is 2.29. The van der Waals surface area contributed by atoms with Crippen LogP contribution in [0.4, 0.5) is 5.69 Å². The predicted molar refractivity (Wildman–Crippen MR) is 92.2 cm³/mol. The topological polar surface area (TPSA) is 107 Å². The number of nitrogens with zero attached hydrogens (tertiary/aromatic N) is 2. The Morgan fingerprint density at radius 1 is 1.22 bits per heavy atom. The SMILES string of the molecule is COc1ccccc1NC(=O)CSc1nnc(SCC(N)=O)s1. The van der Waals surface area contributed by atoms with Gasteiger partial charge in [-0.15, -0.1) is 10.2 Å². The molecule has 2 rings (SSSR count). The van der Waals surface area contributed by atoms with Crippen LogP contribution in [0.1, 0.15) is 0 Å². The lowest BCUT2D eigenvalue weighted by Crippen LogP contribution is -2.14. The van der Waals surface area contributed by atoms with E-state index in [-0.39, 0.29) is 17.4 Å². The average molecular weight is 370 g/mol. The largest absolute Gasteiger partial charge is 0.495 e. The highest BCUT2D eigenvalue weighted by Gasteiger charge is 2.11. The summed E-state index contributed by atoms with van der Waals surface area (Å²) in [5.41, 5.74) is 5.69. The number of carbonyl (C=O) groups excluding carboxylic acids is 2. The summed E-state index contributed by atoms with van der Waals surface area (Å²) in [5, 5.41) is 10.7. The van der Waals surface area contributed by atoms with Crippen LogP contribution in [-0.2, 0) is 9.59 Å². The van der Waals surface area contributed by atoms with Gasteiger partial charge < -0.3 is 15.8 Å². The molecule has 0 saturated heterocycles. The number of rotatable bonds is 8. The molecule has 0 radical (unpaired) electrons. The van der Waals surface area contributed by atoms with Gasteiger partial charge in [0.05, 0.1) is 24.3 Å². The second-order valence-electron chi connectivity index (χ2n) is 4.13. The van der Waals surface area contributed by atoms with Crippen molar-refractivity contribution in [2.75, 3.05) is 23.9 Å². The normalized spacial score (nSPS) is 10.3. The number of methoxy groups -OCH3 is 1. The Hall–Kier alpha value is -1.78. The number of amides is 2. The molecule has 0 fully saturated rings. The van der Waals surface area contributed by atoms with Crippen molar-refractivity contribution in [1.29, 1.82) is 0 Å². The number of nitrogens with two attached hydrogens (primary N) is 1. The van der Waals surface area contributed by atoms with Gasteiger partial charge in [-0.3, -0.25) is 9.59 Å². The standard InChI is InChI=1S/C13H14N4O3S3/c1-20-9-5-3-2-4-8(9)15-11(19)7-22-13-17-16-12(23-13)21-6-10(14)18/h2-5H,6-7H2,1H3,(H2,14,18)(H,15,19). The monoisotopic (exact) mass is 370 g/mol. The first kappa shape index (κ1) is 17.6. The molecule has 0 aliphatic rings. The van der Waals surface area contributed by atoms with Crippen molar-refractivity contribution >= 4 is 52.4 Å². The van der Waals surface area contributed by atoms with Gasteiger partial charge >= 0.3 is 0 Å². The number of nitrogens with one attached hydrogen (secondary N) is 1. The number of aromatic nitrogens is 2. The number of hydrogen-bond acceptors (Lipinski definition) is 8. The average Bonchev–Trinajstić information content (AvgIpc) is 2.99. The predicted octanol–water partition coefficient (Wildman–Crippen LogP) is 1.85. The second-order valence-corrected chi connectivity index (χ2v) is 7.55.